The van der Waals surface area contributed by atoms with E-state index in [2.05, 4.69) is 50.9 Å². The lowest BCUT2D eigenvalue weighted by atomic mass is 9.95. The van der Waals surface area contributed by atoms with Crippen molar-refractivity contribution < 1.29 is 9.90 Å². The van der Waals surface area contributed by atoms with Crippen molar-refractivity contribution in [3.63, 3.8) is 0 Å². The van der Waals surface area contributed by atoms with Gasteiger partial charge in [-0.25, -0.2) is 0 Å². The Balaban J connectivity index is 0.000000263. The molecule has 0 saturated heterocycles. The fourth-order valence-electron chi connectivity index (χ4n) is 2.99. The standard InChI is InChI=1S/C13H18O.C10H13NO/c1-10(2)13-7-6-12(5-4-8-14)9-11(13)3;1-7-9(8(2)12)5-4-6-10(7)11-3/h6-10H,4-5H2,1-3H3;4-6,11-12H,2H2,1,3H3. The molecule has 2 N–H and O–H groups in total. The highest BCUT2D eigenvalue weighted by atomic mass is 16.3. The van der Waals surface area contributed by atoms with Gasteiger partial charge in [0.25, 0.3) is 0 Å². The Labute approximate surface area is 157 Å². The number of hydrogen-bond donors (Lipinski definition) is 2. The van der Waals surface area contributed by atoms with Crippen LogP contribution in [0.2, 0.25) is 0 Å². The number of anilines is 1. The van der Waals surface area contributed by atoms with E-state index in [1.807, 2.05) is 32.2 Å². The maximum atomic E-state index is 10.2. The number of benzene rings is 2. The van der Waals surface area contributed by atoms with E-state index < -0.39 is 0 Å². The van der Waals surface area contributed by atoms with Crippen molar-refractivity contribution in [2.45, 2.75) is 46.5 Å². The first kappa shape index (κ1) is 21.5. The molecule has 0 atom stereocenters. The first-order valence-electron chi connectivity index (χ1n) is 9.00. The SMILES string of the molecule is C=C(O)c1cccc(NC)c1C.Cc1cc(CCC=O)ccc1C(C)C. The van der Waals surface area contributed by atoms with Crippen LogP contribution in [0.4, 0.5) is 5.69 Å². The van der Waals surface area contributed by atoms with Gasteiger partial charge in [0.05, 0.1) is 0 Å². The molecular formula is C23H31NO2. The molecule has 0 bridgehead atoms. The topological polar surface area (TPSA) is 49.3 Å². The molecule has 3 nitrogen and oxygen atoms in total. The monoisotopic (exact) mass is 353 g/mol. The average Bonchev–Trinajstić information content (AvgIpc) is 2.60. The molecule has 0 amide bonds. The van der Waals surface area contributed by atoms with Crippen molar-refractivity contribution in [1.29, 1.82) is 0 Å². The Hall–Kier alpha value is -2.55. The van der Waals surface area contributed by atoms with Gasteiger partial charge in [-0.05, 0) is 54.5 Å². The molecule has 0 fully saturated rings. The van der Waals surface area contributed by atoms with E-state index in [1.54, 1.807) is 0 Å². The number of aliphatic hydroxyl groups is 1. The second-order valence-corrected chi connectivity index (χ2v) is 6.73. The third-order valence-corrected chi connectivity index (χ3v) is 4.42. The maximum absolute atomic E-state index is 10.2. The molecule has 0 aliphatic rings. The molecule has 0 aliphatic carbocycles. The molecule has 2 aromatic rings. The van der Waals surface area contributed by atoms with Gasteiger partial charge in [0.15, 0.2) is 0 Å². The molecule has 2 aromatic carbocycles. The molecule has 0 spiro atoms. The molecule has 0 saturated carbocycles. The maximum Gasteiger partial charge on any atom is 0.120 e. The summed E-state index contributed by atoms with van der Waals surface area (Å²) >= 11 is 0. The summed E-state index contributed by atoms with van der Waals surface area (Å²) in [5.41, 5.74) is 6.83. The smallest absolute Gasteiger partial charge is 0.120 e. The summed E-state index contributed by atoms with van der Waals surface area (Å²) in [6.07, 6.45) is 2.47. The normalized spacial score (nSPS) is 10.1. The number of rotatable bonds is 6. The Bertz CT molecular complexity index is 748. The second-order valence-electron chi connectivity index (χ2n) is 6.73. The van der Waals surface area contributed by atoms with Gasteiger partial charge in [-0.2, -0.15) is 0 Å². The number of hydrogen-bond acceptors (Lipinski definition) is 3. The van der Waals surface area contributed by atoms with Gasteiger partial charge in [-0.15, -0.1) is 0 Å². The third-order valence-electron chi connectivity index (χ3n) is 4.42. The molecule has 0 heterocycles. The van der Waals surface area contributed by atoms with Crippen molar-refractivity contribution in [3.05, 3.63) is 70.8 Å². The van der Waals surface area contributed by atoms with Gasteiger partial charge in [0.1, 0.15) is 12.0 Å². The Kier molecular flexibility index (Phi) is 8.63. The van der Waals surface area contributed by atoms with Crippen molar-refractivity contribution in [2.24, 2.45) is 0 Å². The largest absolute Gasteiger partial charge is 0.508 e. The summed E-state index contributed by atoms with van der Waals surface area (Å²) in [4.78, 5) is 10.2. The zero-order chi connectivity index (χ0) is 19.7. The van der Waals surface area contributed by atoms with Crippen LogP contribution >= 0.6 is 0 Å². The van der Waals surface area contributed by atoms with E-state index in [1.165, 1.54) is 16.7 Å². The lowest BCUT2D eigenvalue weighted by molar-refractivity contribution is -0.107. The first-order valence-corrected chi connectivity index (χ1v) is 9.00. The molecule has 0 aliphatic heterocycles. The van der Waals surface area contributed by atoms with Crippen LogP contribution in [0.5, 0.6) is 0 Å². The summed E-state index contributed by atoms with van der Waals surface area (Å²) in [6.45, 7) is 12.0. The van der Waals surface area contributed by atoms with Crippen LogP contribution in [0.3, 0.4) is 0 Å². The predicted octanol–water partition coefficient (Wildman–Crippen LogP) is 5.82. The third kappa shape index (κ3) is 6.07. The highest BCUT2D eigenvalue weighted by Gasteiger charge is 2.04. The molecular weight excluding hydrogens is 322 g/mol. The molecule has 2 rings (SSSR count). The van der Waals surface area contributed by atoms with Crippen LogP contribution in [-0.4, -0.2) is 18.4 Å². The van der Waals surface area contributed by atoms with Crippen LogP contribution in [0, 0.1) is 13.8 Å². The van der Waals surface area contributed by atoms with Crippen molar-refractivity contribution in [1.82, 2.24) is 0 Å². The molecule has 0 aromatic heterocycles. The van der Waals surface area contributed by atoms with Crippen molar-refractivity contribution in [2.75, 3.05) is 12.4 Å². The van der Waals surface area contributed by atoms with E-state index in [9.17, 15) is 9.90 Å². The zero-order valence-electron chi connectivity index (χ0n) is 16.6. The van der Waals surface area contributed by atoms with Crippen molar-refractivity contribution >= 4 is 17.7 Å². The van der Waals surface area contributed by atoms with Gasteiger partial charge >= 0.3 is 0 Å². The Morgan fingerprint density at radius 1 is 1.23 bits per heavy atom. The van der Waals surface area contributed by atoms with Crippen LogP contribution in [0.1, 0.15) is 54.0 Å². The fourth-order valence-corrected chi connectivity index (χ4v) is 2.99. The van der Waals surface area contributed by atoms with Crippen molar-refractivity contribution in [3.8, 4) is 0 Å². The second kappa shape index (κ2) is 10.4. The van der Waals surface area contributed by atoms with Gasteiger partial charge in [-0.1, -0.05) is 50.8 Å². The van der Waals surface area contributed by atoms with Crippen LogP contribution in [0.15, 0.2) is 43.0 Å². The van der Waals surface area contributed by atoms with Gasteiger partial charge < -0.3 is 15.2 Å². The molecule has 0 unspecified atom stereocenters. The Morgan fingerprint density at radius 2 is 1.92 bits per heavy atom. The summed E-state index contributed by atoms with van der Waals surface area (Å²) < 4.78 is 0. The molecule has 3 heteroatoms. The first-order chi connectivity index (χ1) is 12.3. The van der Waals surface area contributed by atoms with E-state index in [0.29, 0.717) is 12.3 Å². The zero-order valence-corrected chi connectivity index (χ0v) is 16.6. The highest BCUT2D eigenvalue weighted by molar-refractivity contribution is 5.67. The summed E-state index contributed by atoms with van der Waals surface area (Å²) in [5.74, 6) is 0.694. The van der Waals surface area contributed by atoms with E-state index in [0.717, 1.165) is 29.5 Å². The number of carbonyl (C=O) groups excluding carboxylic acids is 1. The fraction of sp³-hybridized carbons (Fsp3) is 0.348. The van der Waals surface area contributed by atoms with Crippen LogP contribution in [-0.2, 0) is 11.2 Å². The minimum atomic E-state index is 0.115. The minimum Gasteiger partial charge on any atom is -0.508 e. The quantitative estimate of drug-likeness (QED) is 0.508. The summed E-state index contributed by atoms with van der Waals surface area (Å²) in [7, 11) is 1.85. The van der Waals surface area contributed by atoms with Gasteiger partial charge in [-0.3, -0.25) is 0 Å². The summed E-state index contributed by atoms with van der Waals surface area (Å²) in [5, 5.41) is 12.2. The van der Waals surface area contributed by atoms with Crippen LogP contribution in [0.25, 0.3) is 5.76 Å². The minimum absolute atomic E-state index is 0.115. The van der Waals surface area contributed by atoms with Gasteiger partial charge in [0.2, 0.25) is 0 Å². The molecule has 0 radical (unpaired) electrons. The average molecular weight is 354 g/mol. The summed E-state index contributed by atoms with van der Waals surface area (Å²) in [6, 6.07) is 12.2. The highest BCUT2D eigenvalue weighted by Crippen LogP contribution is 2.22. The number of carbonyl (C=O) groups is 1. The number of nitrogens with one attached hydrogen (secondary N) is 1. The van der Waals surface area contributed by atoms with Crippen LogP contribution < -0.4 is 5.32 Å². The lowest BCUT2D eigenvalue weighted by Crippen LogP contribution is -1.95. The van der Waals surface area contributed by atoms with E-state index in [4.69, 9.17) is 0 Å². The number of aldehydes is 1. The lowest BCUT2D eigenvalue weighted by Gasteiger charge is -2.10. The van der Waals surface area contributed by atoms with E-state index >= 15 is 0 Å². The molecule has 26 heavy (non-hydrogen) atoms. The number of aliphatic hydroxyl groups excluding tert-OH is 1. The number of aryl methyl sites for hydroxylation is 2. The Morgan fingerprint density at radius 3 is 2.42 bits per heavy atom. The molecule has 140 valence electrons. The van der Waals surface area contributed by atoms with E-state index in [-0.39, 0.29) is 5.76 Å². The predicted molar refractivity (Wildman–Crippen MR) is 112 cm³/mol. The van der Waals surface area contributed by atoms with Gasteiger partial charge in [0, 0.05) is 24.7 Å².